The fourth-order valence-corrected chi connectivity index (χ4v) is 5.85. The summed E-state index contributed by atoms with van der Waals surface area (Å²) in [5, 5.41) is 3.13. The number of anilines is 1. The largest absolute Gasteiger partial charge is 0.352 e. The minimum Gasteiger partial charge on any atom is -0.352 e. The number of sulfonamides is 1. The van der Waals surface area contributed by atoms with Crippen molar-refractivity contribution in [1.82, 2.24) is 10.2 Å². The molecule has 0 bridgehead atoms. The van der Waals surface area contributed by atoms with Crippen LogP contribution in [0.3, 0.4) is 0 Å². The van der Waals surface area contributed by atoms with E-state index in [1.54, 1.807) is 11.0 Å². The van der Waals surface area contributed by atoms with Gasteiger partial charge in [-0.15, -0.1) is 0 Å². The van der Waals surface area contributed by atoms with Gasteiger partial charge in [0.2, 0.25) is 21.8 Å². The van der Waals surface area contributed by atoms with E-state index in [9.17, 15) is 18.0 Å². The zero-order valence-corrected chi connectivity index (χ0v) is 22.9. The summed E-state index contributed by atoms with van der Waals surface area (Å²) < 4.78 is 26.8. The van der Waals surface area contributed by atoms with Crippen molar-refractivity contribution in [1.29, 1.82) is 0 Å². The van der Waals surface area contributed by atoms with Gasteiger partial charge in [0.15, 0.2) is 0 Å². The first kappa shape index (κ1) is 27.7. The van der Waals surface area contributed by atoms with E-state index in [-0.39, 0.29) is 25.0 Å². The van der Waals surface area contributed by atoms with Crippen LogP contribution in [0.5, 0.6) is 0 Å². The molecule has 1 saturated carbocycles. The van der Waals surface area contributed by atoms with Crippen LogP contribution >= 0.6 is 0 Å². The lowest BCUT2D eigenvalue weighted by Crippen LogP contribution is -2.53. The lowest BCUT2D eigenvalue weighted by atomic mass is 10.1. The average molecular weight is 514 g/mol. The van der Waals surface area contributed by atoms with Crippen LogP contribution in [0.4, 0.5) is 5.69 Å². The summed E-state index contributed by atoms with van der Waals surface area (Å²) in [6, 6.07) is 12.6. The molecule has 1 aliphatic carbocycles. The predicted molar refractivity (Wildman–Crippen MR) is 144 cm³/mol. The summed E-state index contributed by atoms with van der Waals surface area (Å²) in [6.07, 6.45) is 5.61. The summed E-state index contributed by atoms with van der Waals surface area (Å²) in [5.41, 5.74) is 4.18. The van der Waals surface area contributed by atoms with E-state index in [1.807, 2.05) is 64.1 Å². The van der Waals surface area contributed by atoms with Gasteiger partial charge in [0.05, 0.1) is 11.9 Å². The van der Waals surface area contributed by atoms with Crippen molar-refractivity contribution in [2.24, 2.45) is 0 Å². The van der Waals surface area contributed by atoms with Crippen molar-refractivity contribution in [3.8, 4) is 0 Å². The van der Waals surface area contributed by atoms with Crippen LogP contribution in [0.25, 0.3) is 0 Å². The number of hydrogen-bond donors (Lipinski definition) is 1. The molecule has 2 aromatic rings. The average Bonchev–Trinajstić information content (AvgIpc) is 3.31. The van der Waals surface area contributed by atoms with Crippen LogP contribution in [0, 0.1) is 20.8 Å². The van der Waals surface area contributed by atoms with Gasteiger partial charge in [0.25, 0.3) is 0 Å². The molecule has 8 heteroatoms. The molecule has 0 heterocycles. The van der Waals surface area contributed by atoms with Gasteiger partial charge in [0, 0.05) is 12.6 Å². The molecular weight excluding hydrogens is 474 g/mol. The summed E-state index contributed by atoms with van der Waals surface area (Å²) in [6.45, 7) is 7.48. The molecule has 3 rings (SSSR count). The third-order valence-electron chi connectivity index (χ3n) is 6.99. The molecule has 0 unspecified atom stereocenters. The van der Waals surface area contributed by atoms with Crippen LogP contribution in [0.2, 0.25) is 0 Å². The van der Waals surface area contributed by atoms with E-state index in [2.05, 4.69) is 5.32 Å². The van der Waals surface area contributed by atoms with Crippen molar-refractivity contribution < 1.29 is 18.0 Å². The van der Waals surface area contributed by atoms with E-state index in [1.165, 1.54) is 0 Å². The van der Waals surface area contributed by atoms with Gasteiger partial charge >= 0.3 is 0 Å². The smallest absolute Gasteiger partial charge is 0.244 e. The Morgan fingerprint density at radius 1 is 1.03 bits per heavy atom. The SMILES string of the molecule is CC[C@@H](C(=O)NC1CCCC1)N(Cc1ccccc1C)C(=O)CN(c1ccc(C)cc1C)S(C)(=O)=O. The maximum absolute atomic E-state index is 13.8. The number of nitrogens with zero attached hydrogens (tertiary/aromatic N) is 2. The lowest BCUT2D eigenvalue weighted by molar-refractivity contribution is -0.140. The molecule has 0 aromatic heterocycles. The van der Waals surface area contributed by atoms with E-state index >= 15 is 0 Å². The van der Waals surface area contributed by atoms with Gasteiger partial charge < -0.3 is 10.2 Å². The fourth-order valence-electron chi connectivity index (χ4n) is 4.94. The van der Waals surface area contributed by atoms with Crippen LogP contribution in [0.15, 0.2) is 42.5 Å². The Morgan fingerprint density at radius 3 is 2.28 bits per heavy atom. The number of aryl methyl sites for hydroxylation is 3. The number of nitrogens with one attached hydrogen (secondary N) is 1. The Balaban J connectivity index is 1.95. The van der Waals surface area contributed by atoms with Crippen LogP contribution < -0.4 is 9.62 Å². The highest BCUT2D eigenvalue weighted by Gasteiger charge is 2.33. The monoisotopic (exact) mass is 513 g/mol. The standard InChI is InChI=1S/C28H39N3O4S/c1-6-25(28(33)29-24-13-9-10-14-24)30(18-23-12-8-7-11-21(23)3)27(32)19-31(36(5,34)35)26-16-15-20(2)17-22(26)4/h7-8,11-12,15-17,24-25H,6,9-10,13-14,18-19H2,1-5H3,(H,29,33)/t25-/m0/s1. The Hall–Kier alpha value is -2.87. The number of rotatable bonds is 10. The summed E-state index contributed by atoms with van der Waals surface area (Å²) >= 11 is 0. The van der Waals surface area contributed by atoms with E-state index in [0.29, 0.717) is 12.1 Å². The first-order chi connectivity index (χ1) is 17.0. The van der Waals surface area contributed by atoms with Gasteiger partial charge in [-0.3, -0.25) is 13.9 Å². The third kappa shape index (κ3) is 6.87. The van der Waals surface area contributed by atoms with Crippen LogP contribution in [-0.4, -0.2) is 50.0 Å². The maximum Gasteiger partial charge on any atom is 0.244 e. The first-order valence-corrected chi connectivity index (χ1v) is 14.6. The Kier molecular flexibility index (Phi) is 9.17. The topological polar surface area (TPSA) is 86.8 Å². The number of amides is 2. The first-order valence-electron chi connectivity index (χ1n) is 12.7. The fraction of sp³-hybridized carbons (Fsp3) is 0.500. The highest BCUT2D eigenvalue weighted by molar-refractivity contribution is 7.92. The number of carbonyl (C=O) groups is 2. The van der Waals surface area contributed by atoms with Gasteiger partial charge in [-0.1, -0.05) is 61.7 Å². The second kappa shape index (κ2) is 11.9. The second-order valence-corrected chi connectivity index (χ2v) is 11.8. The van der Waals surface area contributed by atoms with Gasteiger partial charge in [-0.2, -0.15) is 0 Å². The molecule has 1 fully saturated rings. The van der Waals surface area contributed by atoms with E-state index in [0.717, 1.165) is 58.5 Å². The zero-order chi connectivity index (χ0) is 26.5. The predicted octanol–water partition coefficient (Wildman–Crippen LogP) is 4.24. The molecule has 0 saturated heterocycles. The Morgan fingerprint density at radius 2 is 1.69 bits per heavy atom. The number of hydrogen-bond acceptors (Lipinski definition) is 4. The summed E-state index contributed by atoms with van der Waals surface area (Å²) in [5.74, 6) is -0.583. The summed E-state index contributed by atoms with van der Waals surface area (Å²) in [4.78, 5) is 28.8. The lowest BCUT2D eigenvalue weighted by Gasteiger charge is -2.34. The Bertz CT molecular complexity index is 1190. The van der Waals surface area contributed by atoms with Crippen molar-refractivity contribution in [2.45, 2.75) is 78.4 Å². The molecule has 196 valence electrons. The highest BCUT2D eigenvalue weighted by atomic mass is 32.2. The normalized spacial score (nSPS) is 14.9. The molecule has 1 atom stereocenters. The molecule has 36 heavy (non-hydrogen) atoms. The molecule has 1 aliphatic rings. The highest BCUT2D eigenvalue weighted by Crippen LogP contribution is 2.25. The quantitative estimate of drug-likeness (QED) is 0.515. The minimum atomic E-state index is -3.75. The molecule has 0 spiro atoms. The van der Waals surface area contributed by atoms with Crippen LogP contribution in [0.1, 0.15) is 61.3 Å². The van der Waals surface area contributed by atoms with Crippen molar-refractivity contribution in [3.05, 3.63) is 64.7 Å². The van der Waals surface area contributed by atoms with Gasteiger partial charge in [-0.05, 0) is 62.8 Å². The van der Waals surface area contributed by atoms with Crippen molar-refractivity contribution in [3.63, 3.8) is 0 Å². The summed E-state index contributed by atoms with van der Waals surface area (Å²) in [7, 11) is -3.75. The van der Waals surface area contributed by atoms with Crippen molar-refractivity contribution >= 4 is 27.5 Å². The van der Waals surface area contributed by atoms with E-state index < -0.39 is 22.0 Å². The van der Waals surface area contributed by atoms with Gasteiger partial charge in [-0.25, -0.2) is 8.42 Å². The van der Waals surface area contributed by atoms with Crippen molar-refractivity contribution in [2.75, 3.05) is 17.1 Å². The van der Waals surface area contributed by atoms with E-state index in [4.69, 9.17) is 0 Å². The molecular formula is C28H39N3O4S. The zero-order valence-electron chi connectivity index (χ0n) is 22.1. The second-order valence-electron chi connectivity index (χ2n) is 9.92. The maximum atomic E-state index is 13.8. The number of benzene rings is 2. The molecule has 7 nitrogen and oxygen atoms in total. The minimum absolute atomic E-state index is 0.129. The molecule has 0 aliphatic heterocycles. The molecule has 1 N–H and O–H groups in total. The molecule has 2 amide bonds. The molecule has 2 aromatic carbocycles. The van der Waals surface area contributed by atoms with Gasteiger partial charge in [0.1, 0.15) is 12.6 Å². The Labute approximate surface area is 215 Å². The third-order valence-corrected chi connectivity index (χ3v) is 8.12. The molecule has 0 radical (unpaired) electrons. The number of carbonyl (C=O) groups excluding carboxylic acids is 2. The van der Waals surface area contributed by atoms with Crippen LogP contribution in [-0.2, 0) is 26.2 Å².